The minimum Gasteiger partial charge on any atom is -0.465 e. The third kappa shape index (κ3) is 2.14. The number of rotatable bonds is 2. The summed E-state index contributed by atoms with van der Waals surface area (Å²) in [7, 11) is 1.40. The van der Waals surface area contributed by atoms with Crippen LogP contribution >= 0.6 is 15.9 Å². The van der Waals surface area contributed by atoms with Crippen molar-refractivity contribution in [3.8, 4) is 5.69 Å². The number of esters is 1. The number of carbonyl (C=O) groups is 1. The lowest BCUT2D eigenvalue weighted by Gasteiger charge is -2.12. The van der Waals surface area contributed by atoms with E-state index < -0.39 is 0 Å². The average molecular weight is 380 g/mol. The molecule has 0 radical (unpaired) electrons. The Kier molecular flexibility index (Phi) is 3.62. The van der Waals surface area contributed by atoms with E-state index in [1.54, 1.807) is 6.07 Å². The summed E-state index contributed by atoms with van der Waals surface area (Å²) in [5.41, 5.74) is 3.45. The average Bonchev–Trinajstić information content (AvgIpc) is 2.96. The van der Waals surface area contributed by atoms with Gasteiger partial charge in [0.05, 0.1) is 29.4 Å². The molecule has 0 saturated carbocycles. The van der Waals surface area contributed by atoms with Gasteiger partial charge in [0, 0.05) is 15.2 Å². The zero-order valence-electron chi connectivity index (χ0n) is 13.0. The minimum atomic E-state index is -0.341. The number of methoxy groups -OCH3 is 1. The van der Waals surface area contributed by atoms with E-state index in [0.717, 1.165) is 32.0 Å². The summed E-state index contributed by atoms with van der Waals surface area (Å²) in [6.07, 6.45) is 0. The predicted molar refractivity (Wildman–Crippen MR) is 99.8 cm³/mol. The third-order valence-electron chi connectivity index (χ3n) is 4.20. The first kappa shape index (κ1) is 15.0. The Morgan fingerprint density at radius 3 is 2.46 bits per heavy atom. The van der Waals surface area contributed by atoms with Gasteiger partial charge >= 0.3 is 5.97 Å². The fourth-order valence-corrected chi connectivity index (χ4v) is 3.76. The third-order valence-corrected chi connectivity index (χ3v) is 4.86. The van der Waals surface area contributed by atoms with E-state index >= 15 is 0 Å². The monoisotopic (exact) mass is 379 g/mol. The molecule has 0 spiro atoms. The van der Waals surface area contributed by atoms with Gasteiger partial charge in [0.1, 0.15) is 0 Å². The van der Waals surface area contributed by atoms with Crippen LogP contribution in [0.3, 0.4) is 0 Å². The Bertz CT molecular complexity index is 1080. The van der Waals surface area contributed by atoms with Crippen molar-refractivity contribution >= 4 is 43.7 Å². The van der Waals surface area contributed by atoms with Crippen LogP contribution in [0.4, 0.5) is 0 Å². The number of fused-ring (bicyclic) bond motifs is 3. The maximum atomic E-state index is 12.2. The second-order valence-corrected chi connectivity index (χ2v) is 6.35. The SMILES string of the molecule is COC(=O)c1ccccc1-n1c2ccccc2c2c(Br)cccc21. The molecule has 0 amide bonds. The van der Waals surface area contributed by atoms with E-state index in [9.17, 15) is 4.79 Å². The highest BCUT2D eigenvalue weighted by molar-refractivity contribution is 9.10. The van der Waals surface area contributed by atoms with Crippen molar-refractivity contribution in [1.82, 2.24) is 4.57 Å². The van der Waals surface area contributed by atoms with E-state index in [0.29, 0.717) is 5.56 Å². The smallest absolute Gasteiger partial charge is 0.339 e. The molecule has 0 fully saturated rings. The fourth-order valence-electron chi connectivity index (χ4n) is 3.19. The van der Waals surface area contributed by atoms with Crippen LogP contribution in [0.5, 0.6) is 0 Å². The summed E-state index contributed by atoms with van der Waals surface area (Å²) in [4.78, 5) is 12.2. The highest BCUT2D eigenvalue weighted by atomic mass is 79.9. The molecule has 0 aliphatic carbocycles. The lowest BCUT2D eigenvalue weighted by Crippen LogP contribution is -2.07. The van der Waals surface area contributed by atoms with E-state index in [1.807, 2.05) is 42.5 Å². The molecule has 118 valence electrons. The molecule has 1 aromatic heterocycles. The van der Waals surface area contributed by atoms with Crippen LogP contribution < -0.4 is 0 Å². The van der Waals surface area contributed by atoms with Crippen LogP contribution in [0.25, 0.3) is 27.5 Å². The number of halogens is 1. The Morgan fingerprint density at radius 1 is 0.917 bits per heavy atom. The molecule has 0 aliphatic heterocycles. The van der Waals surface area contributed by atoms with Crippen LogP contribution in [-0.4, -0.2) is 17.6 Å². The van der Waals surface area contributed by atoms with Crippen molar-refractivity contribution in [3.05, 3.63) is 76.8 Å². The van der Waals surface area contributed by atoms with Crippen molar-refractivity contribution in [1.29, 1.82) is 0 Å². The molecule has 0 atom stereocenters. The Labute approximate surface area is 147 Å². The van der Waals surface area contributed by atoms with Crippen LogP contribution in [0.1, 0.15) is 10.4 Å². The molecule has 0 aliphatic rings. The number of carbonyl (C=O) groups excluding carboxylic acids is 1. The van der Waals surface area contributed by atoms with E-state index in [4.69, 9.17) is 4.74 Å². The Hall–Kier alpha value is -2.59. The van der Waals surface area contributed by atoms with Gasteiger partial charge in [0.15, 0.2) is 0 Å². The van der Waals surface area contributed by atoms with Crippen molar-refractivity contribution in [2.24, 2.45) is 0 Å². The quantitative estimate of drug-likeness (QED) is 0.440. The van der Waals surface area contributed by atoms with Gasteiger partial charge in [-0.15, -0.1) is 0 Å². The fraction of sp³-hybridized carbons (Fsp3) is 0.0500. The highest BCUT2D eigenvalue weighted by Gasteiger charge is 2.18. The Morgan fingerprint density at radius 2 is 1.62 bits per heavy atom. The number of aromatic nitrogens is 1. The maximum absolute atomic E-state index is 12.2. The van der Waals surface area contributed by atoms with Crippen LogP contribution in [0.2, 0.25) is 0 Å². The maximum Gasteiger partial charge on any atom is 0.339 e. The van der Waals surface area contributed by atoms with Gasteiger partial charge in [-0.3, -0.25) is 0 Å². The van der Waals surface area contributed by atoms with E-state index in [1.165, 1.54) is 7.11 Å². The molecule has 4 rings (SSSR count). The molecular weight excluding hydrogens is 366 g/mol. The van der Waals surface area contributed by atoms with Crippen molar-refractivity contribution in [2.75, 3.05) is 7.11 Å². The molecule has 3 nitrogen and oxygen atoms in total. The first-order valence-corrected chi connectivity index (χ1v) is 8.37. The van der Waals surface area contributed by atoms with Gasteiger partial charge in [0.2, 0.25) is 0 Å². The lowest BCUT2D eigenvalue weighted by atomic mass is 10.1. The van der Waals surface area contributed by atoms with Crippen molar-refractivity contribution in [2.45, 2.75) is 0 Å². The van der Waals surface area contributed by atoms with Gasteiger partial charge < -0.3 is 9.30 Å². The first-order chi connectivity index (χ1) is 11.7. The molecule has 1 heterocycles. The summed E-state index contributed by atoms with van der Waals surface area (Å²) in [6.45, 7) is 0. The molecule has 4 heteroatoms. The van der Waals surface area contributed by atoms with Gasteiger partial charge in [-0.05, 0) is 30.3 Å². The standard InChI is InChI=1S/C20H14BrNO2/c1-24-20(23)14-8-3-5-11-17(14)22-16-10-4-2-7-13(16)19-15(21)9-6-12-18(19)22/h2-12H,1H3. The zero-order chi connectivity index (χ0) is 16.7. The molecule has 0 saturated heterocycles. The number of hydrogen-bond acceptors (Lipinski definition) is 2. The summed E-state index contributed by atoms with van der Waals surface area (Å²) in [6, 6.07) is 21.8. The van der Waals surface area contributed by atoms with Crippen LogP contribution in [-0.2, 0) is 4.74 Å². The molecule has 4 aromatic rings. The second-order valence-electron chi connectivity index (χ2n) is 5.50. The number of hydrogen-bond donors (Lipinski definition) is 0. The number of para-hydroxylation sites is 2. The second kappa shape index (κ2) is 5.80. The molecule has 3 aromatic carbocycles. The number of ether oxygens (including phenoxy) is 1. The number of nitrogens with zero attached hydrogens (tertiary/aromatic N) is 1. The summed E-state index contributed by atoms with van der Waals surface area (Å²) < 4.78 is 8.11. The highest BCUT2D eigenvalue weighted by Crippen LogP contribution is 2.36. The Balaban J connectivity index is 2.19. The predicted octanol–water partition coefficient (Wildman–Crippen LogP) is 5.33. The summed E-state index contributed by atoms with van der Waals surface area (Å²) in [5, 5.41) is 2.27. The van der Waals surface area contributed by atoms with Crippen molar-refractivity contribution < 1.29 is 9.53 Å². The molecule has 24 heavy (non-hydrogen) atoms. The molecule has 0 N–H and O–H groups in total. The van der Waals surface area contributed by atoms with Gasteiger partial charge in [-0.1, -0.05) is 52.3 Å². The van der Waals surface area contributed by atoms with E-state index in [-0.39, 0.29) is 5.97 Å². The van der Waals surface area contributed by atoms with Gasteiger partial charge in [0.25, 0.3) is 0 Å². The topological polar surface area (TPSA) is 31.2 Å². The molecular formula is C20H14BrNO2. The normalized spacial score (nSPS) is 11.1. The van der Waals surface area contributed by atoms with Gasteiger partial charge in [-0.2, -0.15) is 0 Å². The van der Waals surface area contributed by atoms with Crippen LogP contribution in [0, 0.1) is 0 Å². The number of benzene rings is 3. The largest absolute Gasteiger partial charge is 0.465 e. The summed E-state index contributed by atoms with van der Waals surface area (Å²) in [5.74, 6) is -0.341. The van der Waals surface area contributed by atoms with Gasteiger partial charge in [-0.25, -0.2) is 4.79 Å². The van der Waals surface area contributed by atoms with E-state index in [2.05, 4.69) is 38.7 Å². The van der Waals surface area contributed by atoms with Crippen LogP contribution in [0.15, 0.2) is 71.2 Å². The zero-order valence-corrected chi connectivity index (χ0v) is 14.6. The lowest BCUT2D eigenvalue weighted by molar-refractivity contribution is 0.0601. The summed E-state index contributed by atoms with van der Waals surface area (Å²) >= 11 is 3.66. The molecule has 0 unspecified atom stereocenters. The van der Waals surface area contributed by atoms with Crippen molar-refractivity contribution in [3.63, 3.8) is 0 Å². The molecule has 0 bridgehead atoms. The first-order valence-electron chi connectivity index (χ1n) is 7.58. The minimum absolute atomic E-state index is 0.341.